The number of hydrogen-bond donors (Lipinski definition) is 2. The van der Waals surface area contributed by atoms with E-state index in [4.69, 9.17) is 4.74 Å². The lowest BCUT2D eigenvalue weighted by atomic mass is 10.2. The van der Waals surface area contributed by atoms with Crippen LogP contribution in [0.1, 0.15) is 23.0 Å². The molecule has 0 saturated heterocycles. The molecule has 0 aliphatic carbocycles. The molecule has 3 aromatic rings. The molecule has 0 radical (unpaired) electrons. The van der Waals surface area contributed by atoms with Gasteiger partial charge in [-0.25, -0.2) is 4.98 Å². The van der Waals surface area contributed by atoms with Gasteiger partial charge in [0.1, 0.15) is 11.4 Å². The number of benzene rings is 2. The lowest BCUT2D eigenvalue weighted by Gasteiger charge is -2.09. The van der Waals surface area contributed by atoms with Crippen LogP contribution in [0.15, 0.2) is 66.9 Å². The third-order valence-electron chi connectivity index (χ3n) is 3.73. The number of carbonyl (C=O) groups is 1. The Hall–Kier alpha value is -3.34. The minimum absolute atomic E-state index is 0.233. The van der Waals surface area contributed by atoms with E-state index in [2.05, 4.69) is 15.6 Å². The van der Waals surface area contributed by atoms with Gasteiger partial charge in [0.15, 0.2) is 0 Å². The Morgan fingerprint density at radius 2 is 1.77 bits per heavy atom. The normalized spacial score (nSPS) is 10.2. The number of carbonyl (C=O) groups excluding carboxylic acids is 1. The molecular weight excluding hydrogens is 326 g/mol. The van der Waals surface area contributed by atoms with Crippen LogP contribution in [0.5, 0.6) is 5.75 Å². The maximum atomic E-state index is 12.3. The number of nitrogens with one attached hydrogen (secondary N) is 2. The highest BCUT2D eigenvalue weighted by Gasteiger charge is 2.08. The summed E-state index contributed by atoms with van der Waals surface area (Å²) in [4.78, 5) is 16.5. The molecule has 2 N–H and O–H groups in total. The van der Waals surface area contributed by atoms with Crippen LogP contribution in [-0.4, -0.2) is 17.5 Å². The van der Waals surface area contributed by atoms with Crippen molar-refractivity contribution >= 4 is 23.0 Å². The number of nitrogens with zero attached hydrogens (tertiary/aromatic N) is 1. The van der Waals surface area contributed by atoms with Crippen molar-refractivity contribution in [3.8, 4) is 5.75 Å². The molecule has 5 heteroatoms. The Bertz CT molecular complexity index is 875. The monoisotopic (exact) mass is 347 g/mol. The van der Waals surface area contributed by atoms with Crippen molar-refractivity contribution in [1.29, 1.82) is 0 Å². The maximum Gasteiger partial charge on any atom is 0.274 e. The highest BCUT2D eigenvalue weighted by molar-refractivity contribution is 6.03. The number of amides is 1. The molecular formula is C21H21N3O2. The fourth-order valence-electron chi connectivity index (χ4n) is 2.49. The lowest BCUT2D eigenvalue weighted by Crippen LogP contribution is -2.13. The average molecular weight is 347 g/mol. The van der Waals surface area contributed by atoms with Crippen LogP contribution >= 0.6 is 0 Å². The Balaban J connectivity index is 1.63. The van der Waals surface area contributed by atoms with E-state index >= 15 is 0 Å². The molecule has 0 fully saturated rings. The molecule has 1 aromatic heterocycles. The van der Waals surface area contributed by atoms with Gasteiger partial charge in [-0.05, 0) is 67.9 Å². The van der Waals surface area contributed by atoms with Gasteiger partial charge in [0.05, 0.1) is 18.5 Å². The first kappa shape index (κ1) is 17.5. The summed E-state index contributed by atoms with van der Waals surface area (Å²) in [6.45, 7) is 4.58. The Morgan fingerprint density at radius 1 is 1.00 bits per heavy atom. The Labute approximate surface area is 153 Å². The summed E-state index contributed by atoms with van der Waals surface area (Å²) in [5.74, 6) is 0.600. The summed E-state index contributed by atoms with van der Waals surface area (Å²) in [5.41, 5.74) is 3.94. The van der Waals surface area contributed by atoms with Crippen molar-refractivity contribution < 1.29 is 9.53 Å². The molecule has 0 saturated carbocycles. The molecule has 0 aliphatic heterocycles. The first-order valence-corrected chi connectivity index (χ1v) is 8.48. The molecule has 26 heavy (non-hydrogen) atoms. The van der Waals surface area contributed by atoms with Gasteiger partial charge in [0.25, 0.3) is 5.91 Å². The summed E-state index contributed by atoms with van der Waals surface area (Å²) >= 11 is 0. The minimum atomic E-state index is -0.233. The van der Waals surface area contributed by atoms with Crippen LogP contribution in [0.3, 0.4) is 0 Å². The molecule has 0 aliphatic rings. The molecule has 2 aromatic carbocycles. The van der Waals surface area contributed by atoms with Gasteiger partial charge in [0, 0.05) is 11.4 Å². The van der Waals surface area contributed by atoms with Crippen molar-refractivity contribution in [3.63, 3.8) is 0 Å². The second-order valence-electron chi connectivity index (χ2n) is 5.84. The number of pyridine rings is 1. The van der Waals surface area contributed by atoms with Gasteiger partial charge >= 0.3 is 0 Å². The van der Waals surface area contributed by atoms with Gasteiger partial charge < -0.3 is 15.4 Å². The molecule has 0 spiro atoms. The number of rotatable bonds is 6. The second kappa shape index (κ2) is 8.16. The number of anilines is 3. The first-order valence-electron chi connectivity index (χ1n) is 8.48. The summed E-state index contributed by atoms with van der Waals surface area (Å²) in [6, 6.07) is 18.9. The number of aryl methyl sites for hydroxylation is 1. The molecule has 1 heterocycles. The summed E-state index contributed by atoms with van der Waals surface area (Å²) in [5, 5.41) is 6.10. The van der Waals surface area contributed by atoms with Crippen LogP contribution in [0.4, 0.5) is 17.1 Å². The van der Waals surface area contributed by atoms with E-state index in [1.165, 1.54) is 0 Å². The molecule has 1 amide bonds. The third-order valence-corrected chi connectivity index (χ3v) is 3.73. The topological polar surface area (TPSA) is 63.2 Å². The smallest absolute Gasteiger partial charge is 0.274 e. The predicted molar refractivity (Wildman–Crippen MR) is 104 cm³/mol. The average Bonchev–Trinajstić information content (AvgIpc) is 2.64. The first-order chi connectivity index (χ1) is 12.6. The van der Waals surface area contributed by atoms with Gasteiger partial charge in [-0.2, -0.15) is 0 Å². The zero-order chi connectivity index (χ0) is 18.4. The largest absolute Gasteiger partial charge is 0.494 e. The van der Waals surface area contributed by atoms with E-state index in [1.54, 1.807) is 12.3 Å². The molecule has 0 bridgehead atoms. The molecule has 132 valence electrons. The lowest BCUT2D eigenvalue weighted by molar-refractivity contribution is 0.102. The van der Waals surface area contributed by atoms with E-state index in [9.17, 15) is 4.79 Å². The van der Waals surface area contributed by atoms with Crippen molar-refractivity contribution in [2.24, 2.45) is 0 Å². The van der Waals surface area contributed by atoms with Gasteiger partial charge in [-0.1, -0.05) is 12.1 Å². The zero-order valence-corrected chi connectivity index (χ0v) is 14.8. The fourth-order valence-corrected chi connectivity index (χ4v) is 2.49. The van der Waals surface area contributed by atoms with Crippen LogP contribution in [0.2, 0.25) is 0 Å². The van der Waals surface area contributed by atoms with E-state index < -0.39 is 0 Å². The van der Waals surface area contributed by atoms with E-state index in [0.717, 1.165) is 28.4 Å². The van der Waals surface area contributed by atoms with Crippen molar-refractivity contribution in [2.75, 3.05) is 17.2 Å². The van der Waals surface area contributed by atoms with Crippen molar-refractivity contribution in [2.45, 2.75) is 13.8 Å². The van der Waals surface area contributed by atoms with E-state index in [-0.39, 0.29) is 5.91 Å². The molecule has 5 nitrogen and oxygen atoms in total. The minimum Gasteiger partial charge on any atom is -0.494 e. The van der Waals surface area contributed by atoms with E-state index in [1.807, 2.05) is 68.4 Å². The number of hydrogen-bond acceptors (Lipinski definition) is 4. The van der Waals surface area contributed by atoms with Gasteiger partial charge in [-0.15, -0.1) is 0 Å². The van der Waals surface area contributed by atoms with Crippen molar-refractivity contribution in [1.82, 2.24) is 4.98 Å². The summed E-state index contributed by atoms with van der Waals surface area (Å²) < 4.78 is 5.42. The summed E-state index contributed by atoms with van der Waals surface area (Å²) in [6.07, 6.45) is 1.64. The van der Waals surface area contributed by atoms with Crippen molar-refractivity contribution in [3.05, 3.63) is 78.1 Å². The number of ether oxygens (including phenoxy) is 1. The standard InChI is InChI=1S/C21H21N3O2/c1-3-26-19-10-7-16(8-11-19)23-18-9-12-20(22-14-18)21(25)24-17-6-4-5-15(2)13-17/h4-14,23H,3H2,1-2H3,(H,24,25). The highest BCUT2D eigenvalue weighted by Crippen LogP contribution is 2.20. The quantitative estimate of drug-likeness (QED) is 0.673. The van der Waals surface area contributed by atoms with Gasteiger partial charge in [-0.3, -0.25) is 4.79 Å². The van der Waals surface area contributed by atoms with Crippen LogP contribution < -0.4 is 15.4 Å². The van der Waals surface area contributed by atoms with E-state index in [0.29, 0.717) is 12.3 Å². The third kappa shape index (κ3) is 4.60. The van der Waals surface area contributed by atoms with Crippen LogP contribution in [-0.2, 0) is 0 Å². The highest BCUT2D eigenvalue weighted by atomic mass is 16.5. The molecule has 3 rings (SSSR count). The van der Waals surface area contributed by atoms with Crippen LogP contribution in [0, 0.1) is 6.92 Å². The van der Waals surface area contributed by atoms with Gasteiger partial charge in [0.2, 0.25) is 0 Å². The molecule has 0 unspecified atom stereocenters. The predicted octanol–water partition coefficient (Wildman–Crippen LogP) is 4.78. The second-order valence-corrected chi connectivity index (χ2v) is 5.84. The fraction of sp³-hybridized carbons (Fsp3) is 0.143. The van der Waals surface area contributed by atoms with Crippen LogP contribution in [0.25, 0.3) is 0 Å². The Kier molecular flexibility index (Phi) is 5.49. The maximum absolute atomic E-state index is 12.3. The SMILES string of the molecule is CCOc1ccc(Nc2ccc(C(=O)Nc3cccc(C)c3)nc2)cc1. The Morgan fingerprint density at radius 3 is 2.42 bits per heavy atom. The number of aromatic nitrogens is 1. The zero-order valence-electron chi connectivity index (χ0n) is 14.8. The molecule has 0 atom stereocenters. The summed E-state index contributed by atoms with van der Waals surface area (Å²) in [7, 11) is 0.